The van der Waals surface area contributed by atoms with Gasteiger partial charge in [-0.3, -0.25) is 4.90 Å². The summed E-state index contributed by atoms with van der Waals surface area (Å²) in [6.45, 7) is 6.01. The van der Waals surface area contributed by atoms with Gasteiger partial charge in [0.1, 0.15) is 11.6 Å². The first kappa shape index (κ1) is 15.4. The lowest BCUT2D eigenvalue weighted by Gasteiger charge is -2.45. The van der Waals surface area contributed by atoms with Crippen LogP contribution in [0.5, 0.6) is 0 Å². The molecule has 4 heteroatoms. The Morgan fingerprint density at radius 2 is 1.80 bits per heavy atom. The molecule has 0 amide bonds. The third-order valence-electron chi connectivity index (χ3n) is 4.74. The first-order chi connectivity index (χ1) is 9.55. The summed E-state index contributed by atoms with van der Waals surface area (Å²) in [5.74, 6) is -1.09. The number of rotatable bonds is 5. The van der Waals surface area contributed by atoms with Crippen LogP contribution in [0, 0.1) is 11.6 Å². The lowest BCUT2D eigenvalue weighted by molar-refractivity contribution is 0.0757. The van der Waals surface area contributed by atoms with Crippen LogP contribution in [0.25, 0.3) is 0 Å². The molecule has 1 saturated carbocycles. The van der Waals surface area contributed by atoms with E-state index in [1.54, 1.807) is 0 Å². The summed E-state index contributed by atoms with van der Waals surface area (Å²) >= 11 is 0. The average molecular weight is 282 g/mol. The fraction of sp³-hybridized carbons (Fsp3) is 0.625. The minimum atomic E-state index is -0.554. The molecule has 0 bridgehead atoms. The van der Waals surface area contributed by atoms with Gasteiger partial charge in [-0.2, -0.15) is 0 Å². The van der Waals surface area contributed by atoms with Crippen molar-refractivity contribution in [3.63, 3.8) is 0 Å². The van der Waals surface area contributed by atoms with Gasteiger partial charge in [-0.25, -0.2) is 8.78 Å². The SMILES string of the molecule is CCN(CC)C1(C(N)c2ccc(F)cc2F)CCCC1. The monoisotopic (exact) mass is 282 g/mol. The highest BCUT2D eigenvalue weighted by atomic mass is 19.1. The maximum Gasteiger partial charge on any atom is 0.130 e. The van der Waals surface area contributed by atoms with Gasteiger partial charge in [0.2, 0.25) is 0 Å². The summed E-state index contributed by atoms with van der Waals surface area (Å²) in [5, 5.41) is 0. The predicted molar refractivity (Wildman–Crippen MR) is 77.4 cm³/mol. The molecule has 1 aromatic carbocycles. The summed E-state index contributed by atoms with van der Waals surface area (Å²) in [4.78, 5) is 2.34. The maximum absolute atomic E-state index is 14.1. The standard InChI is InChI=1S/C16H24F2N2/c1-3-20(4-2)16(9-5-6-10-16)15(19)13-8-7-12(17)11-14(13)18/h7-8,11,15H,3-6,9-10,19H2,1-2H3. The third-order valence-corrected chi connectivity index (χ3v) is 4.74. The van der Waals surface area contributed by atoms with E-state index in [0.717, 1.165) is 44.8 Å². The smallest absolute Gasteiger partial charge is 0.130 e. The minimum absolute atomic E-state index is 0.192. The summed E-state index contributed by atoms with van der Waals surface area (Å²) in [7, 11) is 0. The molecule has 1 aliphatic rings. The first-order valence-electron chi connectivity index (χ1n) is 7.50. The maximum atomic E-state index is 14.1. The number of nitrogens with zero attached hydrogens (tertiary/aromatic N) is 1. The lowest BCUT2D eigenvalue weighted by Crippen LogP contribution is -2.53. The van der Waals surface area contributed by atoms with Crippen LogP contribution < -0.4 is 5.73 Å². The molecular weight excluding hydrogens is 258 g/mol. The van der Waals surface area contributed by atoms with Gasteiger partial charge in [-0.15, -0.1) is 0 Å². The Kier molecular flexibility index (Phi) is 4.76. The Morgan fingerprint density at radius 3 is 2.30 bits per heavy atom. The van der Waals surface area contributed by atoms with Crippen LogP contribution >= 0.6 is 0 Å². The highest BCUT2D eigenvalue weighted by molar-refractivity contribution is 5.26. The van der Waals surface area contributed by atoms with Crippen molar-refractivity contribution in [3.05, 3.63) is 35.4 Å². The number of likely N-dealkylation sites (N-methyl/N-ethyl adjacent to an activating group) is 1. The molecule has 2 nitrogen and oxygen atoms in total. The zero-order valence-electron chi connectivity index (χ0n) is 12.3. The van der Waals surface area contributed by atoms with Crippen LogP contribution in [0.3, 0.4) is 0 Å². The normalized spacial score (nSPS) is 19.5. The Morgan fingerprint density at radius 1 is 1.20 bits per heavy atom. The number of halogens is 2. The van der Waals surface area contributed by atoms with E-state index < -0.39 is 17.7 Å². The van der Waals surface area contributed by atoms with E-state index >= 15 is 0 Å². The molecule has 1 unspecified atom stereocenters. The van der Waals surface area contributed by atoms with Gasteiger partial charge in [0, 0.05) is 17.2 Å². The molecule has 0 aliphatic heterocycles. The van der Waals surface area contributed by atoms with Gasteiger partial charge in [0.25, 0.3) is 0 Å². The second-order valence-electron chi connectivity index (χ2n) is 5.63. The van der Waals surface area contributed by atoms with Crippen molar-refractivity contribution in [2.24, 2.45) is 5.73 Å². The van der Waals surface area contributed by atoms with E-state index in [0.29, 0.717) is 5.56 Å². The predicted octanol–water partition coefficient (Wildman–Crippen LogP) is 3.62. The van der Waals surface area contributed by atoms with Gasteiger partial charge >= 0.3 is 0 Å². The van der Waals surface area contributed by atoms with Crippen LogP contribution in [0.1, 0.15) is 51.1 Å². The minimum Gasteiger partial charge on any atom is -0.322 e. The number of hydrogen-bond donors (Lipinski definition) is 1. The van der Waals surface area contributed by atoms with Gasteiger partial charge in [0.15, 0.2) is 0 Å². The highest BCUT2D eigenvalue weighted by Gasteiger charge is 2.44. The van der Waals surface area contributed by atoms with Crippen molar-refractivity contribution in [2.45, 2.75) is 51.1 Å². The van der Waals surface area contributed by atoms with Gasteiger partial charge in [0.05, 0.1) is 6.04 Å². The Balaban J connectivity index is 2.38. The lowest BCUT2D eigenvalue weighted by atomic mass is 9.82. The van der Waals surface area contributed by atoms with Crippen molar-refractivity contribution >= 4 is 0 Å². The zero-order valence-corrected chi connectivity index (χ0v) is 12.3. The van der Waals surface area contributed by atoms with Gasteiger partial charge in [-0.05, 0) is 32.0 Å². The quantitative estimate of drug-likeness (QED) is 0.893. The van der Waals surface area contributed by atoms with E-state index in [4.69, 9.17) is 5.73 Å². The van der Waals surface area contributed by atoms with Crippen LogP contribution in [0.4, 0.5) is 8.78 Å². The molecule has 2 N–H and O–H groups in total. The average Bonchev–Trinajstić information content (AvgIpc) is 2.90. The van der Waals surface area contributed by atoms with Crippen molar-refractivity contribution in [2.75, 3.05) is 13.1 Å². The zero-order chi connectivity index (χ0) is 14.8. The molecule has 0 spiro atoms. The van der Waals surface area contributed by atoms with E-state index in [1.165, 1.54) is 12.1 Å². The number of nitrogens with two attached hydrogens (primary N) is 1. The summed E-state index contributed by atoms with van der Waals surface area (Å²) in [6.07, 6.45) is 4.19. The van der Waals surface area contributed by atoms with Crippen molar-refractivity contribution in [1.82, 2.24) is 4.90 Å². The van der Waals surface area contributed by atoms with Gasteiger partial charge < -0.3 is 5.73 Å². The van der Waals surface area contributed by atoms with Crippen LogP contribution in [0.2, 0.25) is 0 Å². The van der Waals surface area contributed by atoms with E-state index in [2.05, 4.69) is 18.7 Å². The molecule has 1 fully saturated rings. The topological polar surface area (TPSA) is 29.3 Å². The second kappa shape index (κ2) is 6.19. The van der Waals surface area contributed by atoms with E-state index in [-0.39, 0.29) is 5.54 Å². The van der Waals surface area contributed by atoms with Crippen molar-refractivity contribution < 1.29 is 8.78 Å². The molecule has 1 aromatic rings. The summed E-state index contributed by atoms with van der Waals surface area (Å²) in [5.41, 5.74) is 6.67. The Labute approximate surface area is 120 Å². The van der Waals surface area contributed by atoms with Crippen molar-refractivity contribution in [3.8, 4) is 0 Å². The Bertz CT molecular complexity index is 452. The molecule has 0 heterocycles. The third kappa shape index (κ3) is 2.59. The summed E-state index contributed by atoms with van der Waals surface area (Å²) < 4.78 is 27.1. The highest BCUT2D eigenvalue weighted by Crippen LogP contribution is 2.43. The Hall–Kier alpha value is -1.00. The fourth-order valence-electron chi connectivity index (χ4n) is 3.71. The molecule has 1 atom stereocenters. The van der Waals surface area contributed by atoms with Crippen LogP contribution in [0.15, 0.2) is 18.2 Å². The van der Waals surface area contributed by atoms with Crippen LogP contribution in [-0.4, -0.2) is 23.5 Å². The van der Waals surface area contributed by atoms with Gasteiger partial charge in [-0.1, -0.05) is 32.8 Å². The molecule has 1 aliphatic carbocycles. The molecule has 20 heavy (non-hydrogen) atoms. The van der Waals surface area contributed by atoms with Crippen molar-refractivity contribution in [1.29, 1.82) is 0 Å². The van der Waals surface area contributed by atoms with E-state index in [1.807, 2.05) is 0 Å². The first-order valence-corrected chi connectivity index (χ1v) is 7.50. The molecule has 2 rings (SSSR count). The molecule has 0 aromatic heterocycles. The summed E-state index contributed by atoms with van der Waals surface area (Å²) in [6, 6.07) is 3.31. The number of benzene rings is 1. The molecular formula is C16H24F2N2. The largest absolute Gasteiger partial charge is 0.322 e. The molecule has 0 radical (unpaired) electrons. The second-order valence-corrected chi connectivity index (χ2v) is 5.63. The molecule has 0 saturated heterocycles. The molecule has 112 valence electrons. The number of hydrogen-bond acceptors (Lipinski definition) is 2. The van der Waals surface area contributed by atoms with Crippen LogP contribution in [-0.2, 0) is 0 Å². The fourth-order valence-corrected chi connectivity index (χ4v) is 3.71. The van der Waals surface area contributed by atoms with E-state index in [9.17, 15) is 8.78 Å².